The van der Waals surface area contributed by atoms with E-state index in [1.165, 1.54) is 12.1 Å². The summed E-state index contributed by atoms with van der Waals surface area (Å²) >= 11 is 6.56. The average molecular weight is 553 g/mol. The van der Waals surface area contributed by atoms with Crippen molar-refractivity contribution in [3.8, 4) is 0 Å². The van der Waals surface area contributed by atoms with E-state index in [9.17, 15) is 27.2 Å². The molecule has 0 aliphatic carbocycles. The maximum Gasteiger partial charge on any atom is 0.416 e. The van der Waals surface area contributed by atoms with E-state index in [1.54, 1.807) is 24.4 Å². The van der Waals surface area contributed by atoms with Gasteiger partial charge in [0.05, 0.1) is 22.2 Å². The van der Waals surface area contributed by atoms with Crippen LogP contribution in [0.4, 0.5) is 22.4 Å². The summed E-state index contributed by atoms with van der Waals surface area (Å²) in [4.78, 5) is 29.2. The molecular formula is C25H21ClF4N4O2S. The number of imide groups is 1. The van der Waals surface area contributed by atoms with Gasteiger partial charge in [-0.25, -0.2) is 4.39 Å². The minimum atomic E-state index is -4.66. The fraction of sp³-hybridized carbons (Fsp3) is 0.320. The lowest BCUT2D eigenvalue weighted by Crippen LogP contribution is -2.36. The van der Waals surface area contributed by atoms with E-state index in [4.69, 9.17) is 11.6 Å². The summed E-state index contributed by atoms with van der Waals surface area (Å²) < 4.78 is 55.1. The Balaban J connectivity index is 1.54. The van der Waals surface area contributed by atoms with Gasteiger partial charge < -0.3 is 0 Å². The van der Waals surface area contributed by atoms with Crippen LogP contribution in [0.1, 0.15) is 23.1 Å². The quantitative estimate of drug-likeness (QED) is 0.303. The zero-order valence-electron chi connectivity index (χ0n) is 19.3. The van der Waals surface area contributed by atoms with E-state index in [0.717, 1.165) is 16.5 Å². The molecule has 194 valence electrons. The van der Waals surface area contributed by atoms with E-state index in [0.29, 0.717) is 47.8 Å². The van der Waals surface area contributed by atoms with E-state index >= 15 is 0 Å². The molecule has 2 aliphatic rings. The van der Waals surface area contributed by atoms with Crippen molar-refractivity contribution in [2.45, 2.75) is 25.2 Å². The largest absolute Gasteiger partial charge is 0.416 e. The smallest absolute Gasteiger partial charge is 0.299 e. The van der Waals surface area contributed by atoms with Gasteiger partial charge in [-0.1, -0.05) is 23.7 Å². The predicted molar refractivity (Wildman–Crippen MR) is 134 cm³/mol. The summed E-state index contributed by atoms with van der Waals surface area (Å²) in [6, 6.07) is 8.62. The number of carbonyl (C=O) groups excluding carboxylic acids is 2. The summed E-state index contributed by atoms with van der Waals surface area (Å²) in [6.45, 7) is 1.19. The van der Waals surface area contributed by atoms with Gasteiger partial charge in [0.2, 0.25) is 0 Å². The molecule has 12 heteroatoms. The van der Waals surface area contributed by atoms with Crippen LogP contribution >= 0.6 is 23.4 Å². The fourth-order valence-electron chi connectivity index (χ4n) is 4.61. The Morgan fingerprint density at radius 2 is 1.97 bits per heavy atom. The molecule has 0 unspecified atom stereocenters. The molecule has 0 bridgehead atoms. The number of likely N-dealkylation sites (tertiary alicyclic amines) is 1. The second-order valence-corrected chi connectivity index (χ2v) is 10.4. The highest BCUT2D eigenvalue weighted by Gasteiger charge is 2.39. The second kappa shape index (κ2) is 10.1. The van der Waals surface area contributed by atoms with Crippen molar-refractivity contribution in [3.05, 3.63) is 69.2 Å². The molecule has 0 radical (unpaired) electrons. The van der Waals surface area contributed by atoms with Gasteiger partial charge >= 0.3 is 6.18 Å². The van der Waals surface area contributed by atoms with Crippen LogP contribution in [0.15, 0.2) is 47.5 Å². The number of amides is 2. The third-order valence-corrected chi connectivity index (χ3v) is 7.77. The number of nitrogens with one attached hydrogen (secondary N) is 1. The number of nitrogens with zero attached hydrogens (tertiary/aromatic N) is 3. The molecule has 37 heavy (non-hydrogen) atoms. The second-order valence-electron chi connectivity index (χ2n) is 8.97. The molecule has 2 fully saturated rings. The van der Waals surface area contributed by atoms with E-state index in [1.807, 2.05) is 4.90 Å². The number of rotatable bonds is 6. The number of H-pyrrole nitrogens is 1. The molecule has 1 N–H and O–H groups in total. The number of aromatic nitrogens is 2. The highest BCUT2D eigenvalue weighted by Crippen LogP contribution is 2.41. The number of carbonyl (C=O) groups is 2. The molecule has 3 heterocycles. The van der Waals surface area contributed by atoms with Crippen molar-refractivity contribution in [1.29, 1.82) is 0 Å². The molecule has 6 nitrogen and oxygen atoms in total. The number of thioether (sulfide) groups is 1. The third kappa shape index (κ3) is 5.39. The van der Waals surface area contributed by atoms with Crippen LogP contribution in [0, 0.1) is 0 Å². The van der Waals surface area contributed by atoms with E-state index < -0.39 is 29.1 Å². The summed E-state index contributed by atoms with van der Waals surface area (Å²) in [6.07, 6.45) is -3.87. The van der Waals surface area contributed by atoms with Crippen LogP contribution in [0.5, 0.6) is 0 Å². The lowest BCUT2D eigenvalue weighted by molar-refractivity contribution is -0.138. The number of alkyl halides is 4. The molecule has 3 aromatic rings. The molecule has 2 saturated heterocycles. The minimum Gasteiger partial charge on any atom is -0.299 e. The van der Waals surface area contributed by atoms with Gasteiger partial charge in [-0.2, -0.15) is 18.3 Å². The van der Waals surface area contributed by atoms with Gasteiger partial charge in [-0.3, -0.25) is 24.5 Å². The van der Waals surface area contributed by atoms with Gasteiger partial charge in [0.1, 0.15) is 6.17 Å². The van der Waals surface area contributed by atoms with Crippen LogP contribution in [0.2, 0.25) is 5.02 Å². The lowest BCUT2D eigenvalue weighted by Gasteiger charge is -2.19. The molecule has 0 spiro atoms. The van der Waals surface area contributed by atoms with Crippen molar-refractivity contribution in [3.63, 3.8) is 0 Å². The van der Waals surface area contributed by atoms with Crippen LogP contribution in [0.3, 0.4) is 0 Å². The SMILES string of the molecule is O=C1S/C(=C(/Cc2ccc(Cl)cc2C(F)(F)F)c2ccc3[nH]ncc3c2)C(=O)N1CCN1CC[C@H](F)C1. The number of hydrogen-bond acceptors (Lipinski definition) is 5. The first-order chi connectivity index (χ1) is 17.6. The van der Waals surface area contributed by atoms with Gasteiger partial charge in [0.25, 0.3) is 11.1 Å². The number of allylic oxidation sites excluding steroid dienone is 1. The normalized spacial score (nSPS) is 20.5. The van der Waals surface area contributed by atoms with Crippen molar-refractivity contribution >= 4 is 51.0 Å². The van der Waals surface area contributed by atoms with Gasteiger partial charge in [0, 0.05) is 36.6 Å². The number of benzene rings is 2. The number of hydrogen-bond donors (Lipinski definition) is 1. The Bertz CT molecular complexity index is 1410. The monoisotopic (exact) mass is 552 g/mol. The molecular weight excluding hydrogens is 532 g/mol. The zero-order valence-corrected chi connectivity index (χ0v) is 20.9. The highest BCUT2D eigenvalue weighted by atomic mass is 35.5. The first-order valence-electron chi connectivity index (χ1n) is 11.5. The van der Waals surface area contributed by atoms with Gasteiger partial charge in [-0.15, -0.1) is 0 Å². The molecule has 2 aromatic carbocycles. The predicted octanol–water partition coefficient (Wildman–Crippen LogP) is 5.93. The van der Waals surface area contributed by atoms with Crippen molar-refractivity contribution in [2.24, 2.45) is 0 Å². The Kier molecular flexibility index (Phi) is 7.03. The standard InChI is InChI=1S/C25H21ClF4N4O2S/c26-17-3-1-15(20(11-17)25(28,29)30)10-19(14-2-4-21-16(9-14)12-31-32-21)22-23(35)34(24(36)37-22)8-7-33-6-5-18(27)13-33/h1-4,9,11-12,18H,5-8,10,13H2,(H,31,32)/b22-19-/t18-/m0/s1. The average Bonchev–Trinajstić information content (AvgIpc) is 3.55. The van der Waals surface area contributed by atoms with Crippen LogP contribution in [-0.4, -0.2) is 63.5 Å². The Morgan fingerprint density at radius 3 is 2.70 bits per heavy atom. The fourth-order valence-corrected chi connectivity index (χ4v) is 5.75. The summed E-state index contributed by atoms with van der Waals surface area (Å²) in [5.74, 6) is -0.573. The maximum atomic E-state index is 13.8. The molecule has 1 atom stereocenters. The number of fused-ring (bicyclic) bond motifs is 1. The summed E-state index contributed by atoms with van der Waals surface area (Å²) in [7, 11) is 0. The molecule has 5 rings (SSSR count). The Labute approximate surface area is 218 Å². The Hall–Kier alpha value is -2.89. The van der Waals surface area contributed by atoms with Gasteiger partial charge in [0.15, 0.2) is 0 Å². The molecule has 1 aromatic heterocycles. The topological polar surface area (TPSA) is 69.3 Å². The van der Waals surface area contributed by atoms with Gasteiger partial charge in [-0.05, 0) is 65.6 Å². The Morgan fingerprint density at radius 1 is 1.16 bits per heavy atom. The molecule has 2 aliphatic heterocycles. The zero-order chi connectivity index (χ0) is 26.3. The molecule has 2 amide bonds. The van der Waals surface area contributed by atoms with Crippen LogP contribution in [-0.2, 0) is 17.4 Å². The van der Waals surface area contributed by atoms with Crippen molar-refractivity contribution in [1.82, 2.24) is 20.0 Å². The third-order valence-electron chi connectivity index (χ3n) is 6.51. The van der Waals surface area contributed by atoms with Crippen LogP contribution in [0.25, 0.3) is 16.5 Å². The first kappa shape index (κ1) is 25.7. The minimum absolute atomic E-state index is 0.0600. The number of halogens is 5. The maximum absolute atomic E-state index is 13.8. The van der Waals surface area contributed by atoms with E-state index in [2.05, 4.69) is 10.2 Å². The van der Waals surface area contributed by atoms with E-state index in [-0.39, 0.29) is 35.0 Å². The first-order valence-corrected chi connectivity index (χ1v) is 12.7. The summed E-state index contributed by atoms with van der Waals surface area (Å²) in [5, 5.41) is 6.93. The van der Waals surface area contributed by atoms with Crippen molar-refractivity contribution < 1.29 is 27.2 Å². The highest BCUT2D eigenvalue weighted by molar-refractivity contribution is 8.18. The molecule has 0 saturated carbocycles. The summed E-state index contributed by atoms with van der Waals surface area (Å²) in [5.41, 5.74) is 0.539. The number of aromatic amines is 1. The van der Waals surface area contributed by atoms with Crippen molar-refractivity contribution in [2.75, 3.05) is 26.2 Å². The lowest BCUT2D eigenvalue weighted by atomic mass is 9.93. The van der Waals surface area contributed by atoms with Crippen LogP contribution < -0.4 is 0 Å².